The van der Waals surface area contributed by atoms with Gasteiger partial charge in [0.15, 0.2) is 0 Å². The number of hydroxylamine groups is 2. The summed E-state index contributed by atoms with van der Waals surface area (Å²) in [7, 11) is 0. The van der Waals surface area contributed by atoms with E-state index in [2.05, 4.69) is 15.6 Å². The molecule has 0 bridgehead atoms. The van der Waals surface area contributed by atoms with Gasteiger partial charge in [-0.15, -0.1) is 0 Å². The Morgan fingerprint density at radius 1 is 1.16 bits per heavy atom. The van der Waals surface area contributed by atoms with Crippen LogP contribution in [0.3, 0.4) is 0 Å². The van der Waals surface area contributed by atoms with Crippen LogP contribution >= 0.6 is 0 Å². The molecule has 0 N–H and O–H groups in total. The molecule has 0 spiro atoms. The Kier molecular flexibility index (Phi) is 5.62. The number of aromatic nitrogens is 2. The van der Waals surface area contributed by atoms with Gasteiger partial charge in [-0.25, -0.2) is 14.4 Å². The van der Waals surface area contributed by atoms with Gasteiger partial charge in [0.05, 0.1) is 41.6 Å². The predicted molar refractivity (Wildman–Crippen MR) is 116 cm³/mol. The van der Waals surface area contributed by atoms with Crippen molar-refractivity contribution in [1.82, 2.24) is 14.6 Å². The Bertz CT molecular complexity index is 1180. The molecule has 1 aliphatic carbocycles. The van der Waals surface area contributed by atoms with Crippen LogP contribution in [0.4, 0.5) is 4.39 Å². The summed E-state index contributed by atoms with van der Waals surface area (Å²) in [5, 5.41) is 10.6. The van der Waals surface area contributed by atoms with Crippen LogP contribution in [0.15, 0.2) is 48.8 Å². The lowest BCUT2D eigenvalue weighted by Gasteiger charge is -2.32. The molecule has 2 aromatic carbocycles. The molecule has 0 radical (unpaired) electrons. The molecule has 32 heavy (non-hydrogen) atoms. The van der Waals surface area contributed by atoms with Gasteiger partial charge in [-0.2, -0.15) is 5.26 Å². The monoisotopic (exact) mass is 432 g/mol. The first-order valence-electron chi connectivity index (χ1n) is 11.2. The highest BCUT2D eigenvalue weighted by Gasteiger charge is 2.37. The molecule has 5 rings (SSSR count). The molecule has 2 aliphatic rings. The molecule has 1 aromatic heterocycles. The number of nitriles is 1. The molecule has 1 saturated carbocycles. The molecule has 6 nitrogen and oxygen atoms in total. The van der Waals surface area contributed by atoms with Crippen LogP contribution in [0.25, 0.3) is 11.0 Å². The van der Waals surface area contributed by atoms with E-state index in [1.54, 1.807) is 6.07 Å². The van der Waals surface area contributed by atoms with Crippen molar-refractivity contribution in [3.63, 3.8) is 0 Å². The van der Waals surface area contributed by atoms with Crippen molar-refractivity contribution < 1.29 is 14.0 Å². The van der Waals surface area contributed by atoms with Crippen LogP contribution in [-0.4, -0.2) is 27.1 Å². The van der Waals surface area contributed by atoms with E-state index in [4.69, 9.17) is 10.1 Å². The normalized spacial score (nSPS) is 23.4. The third-order valence-electron chi connectivity index (χ3n) is 6.73. The fourth-order valence-corrected chi connectivity index (χ4v) is 5.06. The maximum atomic E-state index is 13.9. The first kappa shape index (κ1) is 20.7. The molecule has 7 heteroatoms. The van der Waals surface area contributed by atoms with Crippen LogP contribution < -0.4 is 0 Å². The average molecular weight is 432 g/mol. The summed E-state index contributed by atoms with van der Waals surface area (Å²) < 4.78 is 16.2. The highest BCUT2D eigenvalue weighted by Crippen LogP contribution is 2.37. The SMILES string of the molecule is N#Cc1cc(F)cc([C@@H]2CCON2C(=O)[C@H]2CC[C@H](Cn3cnc4ccccc43)CC2)c1. The van der Waals surface area contributed by atoms with Crippen LogP contribution in [0.2, 0.25) is 0 Å². The molecule has 1 saturated heterocycles. The third kappa shape index (κ3) is 3.98. The van der Waals surface area contributed by atoms with E-state index in [1.165, 1.54) is 17.2 Å². The standard InChI is InChI=1S/C25H25FN4O2/c26-21-12-18(14-27)11-20(13-21)23-9-10-32-30(23)25(31)19-7-5-17(6-8-19)15-29-16-28-22-3-1-2-4-24(22)29/h1-4,11-13,16-17,19,23H,5-10,15H2/t17-,19-,23-/m0/s1. The minimum absolute atomic E-state index is 0.0261. The number of carbonyl (C=O) groups is 1. The van der Waals surface area contributed by atoms with Gasteiger partial charge in [-0.3, -0.25) is 9.63 Å². The maximum absolute atomic E-state index is 13.9. The summed E-state index contributed by atoms with van der Waals surface area (Å²) >= 11 is 0. The second-order valence-electron chi connectivity index (χ2n) is 8.79. The molecule has 2 fully saturated rings. The van der Waals surface area contributed by atoms with Crippen LogP contribution in [0.1, 0.15) is 49.3 Å². The Labute approximate surface area is 186 Å². The van der Waals surface area contributed by atoms with Gasteiger partial charge >= 0.3 is 0 Å². The van der Waals surface area contributed by atoms with Gasteiger partial charge in [0, 0.05) is 18.9 Å². The topological polar surface area (TPSA) is 71.2 Å². The smallest absolute Gasteiger partial charge is 0.249 e. The molecule has 2 heterocycles. The van der Waals surface area contributed by atoms with Gasteiger partial charge in [-0.1, -0.05) is 12.1 Å². The molecular formula is C25H25FN4O2. The Morgan fingerprint density at radius 3 is 2.78 bits per heavy atom. The van der Waals surface area contributed by atoms with Gasteiger partial charge in [0.1, 0.15) is 5.82 Å². The molecule has 3 aromatic rings. The summed E-state index contributed by atoms with van der Waals surface area (Å²) in [6.45, 7) is 1.32. The number of benzene rings is 2. The van der Waals surface area contributed by atoms with Crippen LogP contribution in [0, 0.1) is 29.0 Å². The van der Waals surface area contributed by atoms with Crippen molar-refractivity contribution >= 4 is 16.9 Å². The Balaban J connectivity index is 1.23. The zero-order valence-corrected chi connectivity index (χ0v) is 17.8. The third-order valence-corrected chi connectivity index (χ3v) is 6.73. The second kappa shape index (κ2) is 8.71. The summed E-state index contributed by atoms with van der Waals surface area (Å²) in [5.74, 6) is -0.0728. The lowest BCUT2D eigenvalue weighted by atomic mass is 9.81. The van der Waals surface area contributed by atoms with E-state index in [-0.39, 0.29) is 23.4 Å². The van der Waals surface area contributed by atoms with Gasteiger partial charge in [0.2, 0.25) is 5.91 Å². The maximum Gasteiger partial charge on any atom is 0.249 e. The number of carbonyl (C=O) groups excluding carboxylic acids is 1. The van der Waals surface area contributed by atoms with E-state index in [0.717, 1.165) is 43.3 Å². The summed E-state index contributed by atoms with van der Waals surface area (Å²) in [4.78, 5) is 23.4. The van der Waals surface area contributed by atoms with Gasteiger partial charge < -0.3 is 4.57 Å². The number of hydrogen-bond acceptors (Lipinski definition) is 4. The molecular weight excluding hydrogens is 407 g/mol. The Hall–Kier alpha value is -3.24. The first-order chi connectivity index (χ1) is 15.6. The van der Waals surface area contributed by atoms with Crippen molar-refractivity contribution in [2.75, 3.05) is 6.61 Å². The summed E-state index contributed by atoms with van der Waals surface area (Å²) in [6, 6.07) is 14.0. The molecule has 1 aliphatic heterocycles. The van der Waals surface area contributed by atoms with E-state index in [1.807, 2.05) is 30.6 Å². The molecule has 0 unspecified atom stereocenters. The predicted octanol–water partition coefficient (Wildman–Crippen LogP) is 4.76. The number of nitrogens with zero attached hydrogens (tertiary/aromatic N) is 4. The summed E-state index contributed by atoms with van der Waals surface area (Å²) in [5.41, 5.74) is 3.02. The highest BCUT2D eigenvalue weighted by molar-refractivity contribution is 5.78. The van der Waals surface area contributed by atoms with Crippen LogP contribution in [-0.2, 0) is 16.2 Å². The summed E-state index contributed by atoms with van der Waals surface area (Å²) in [6.07, 6.45) is 6.08. The van der Waals surface area contributed by atoms with Crippen molar-refractivity contribution in [2.45, 2.75) is 44.7 Å². The lowest BCUT2D eigenvalue weighted by molar-refractivity contribution is -0.183. The molecule has 1 atom stereocenters. The number of para-hydroxylation sites is 2. The average Bonchev–Trinajstić information content (AvgIpc) is 3.46. The van der Waals surface area contributed by atoms with Crippen molar-refractivity contribution in [2.24, 2.45) is 11.8 Å². The first-order valence-corrected chi connectivity index (χ1v) is 11.2. The lowest BCUT2D eigenvalue weighted by Crippen LogP contribution is -2.37. The van der Waals surface area contributed by atoms with Gasteiger partial charge in [-0.05, 0) is 67.5 Å². The minimum Gasteiger partial charge on any atom is -0.330 e. The number of rotatable bonds is 4. The molecule has 1 amide bonds. The zero-order chi connectivity index (χ0) is 22.1. The number of imidazole rings is 1. The quantitative estimate of drug-likeness (QED) is 0.596. The number of amides is 1. The van der Waals surface area contributed by atoms with Crippen molar-refractivity contribution in [3.8, 4) is 6.07 Å². The fourth-order valence-electron chi connectivity index (χ4n) is 5.06. The van der Waals surface area contributed by atoms with Crippen molar-refractivity contribution in [1.29, 1.82) is 5.26 Å². The largest absolute Gasteiger partial charge is 0.330 e. The van der Waals surface area contributed by atoms with Crippen molar-refractivity contribution in [3.05, 3.63) is 65.7 Å². The van der Waals surface area contributed by atoms with E-state index >= 15 is 0 Å². The fraction of sp³-hybridized carbons (Fsp3) is 0.400. The number of halogens is 1. The van der Waals surface area contributed by atoms with E-state index in [9.17, 15) is 9.18 Å². The van der Waals surface area contributed by atoms with Gasteiger partial charge in [0.25, 0.3) is 0 Å². The van der Waals surface area contributed by atoms with E-state index in [0.29, 0.717) is 24.5 Å². The highest BCUT2D eigenvalue weighted by atomic mass is 19.1. The zero-order valence-electron chi connectivity index (χ0n) is 17.8. The minimum atomic E-state index is -0.467. The van der Waals surface area contributed by atoms with E-state index < -0.39 is 5.82 Å². The number of fused-ring (bicyclic) bond motifs is 1. The number of hydrogen-bond donors (Lipinski definition) is 0. The second-order valence-corrected chi connectivity index (χ2v) is 8.79. The Morgan fingerprint density at radius 2 is 1.97 bits per heavy atom. The van der Waals surface area contributed by atoms with Crippen LogP contribution in [0.5, 0.6) is 0 Å². The molecule has 164 valence electrons.